The van der Waals surface area contributed by atoms with E-state index in [1.807, 2.05) is 36.4 Å². The number of ether oxygens (including phenoxy) is 1. The molecule has 3 aliphatic rings. The number of nitrogens with one attached hydrogen (secondary N) is 1. The number of rotatable bonds is 5. The Morgan fingerprint density at radius 2 is 1.81 bits per heavy atom. The van der Waals surface area contributed by atoms with Gasteiger partial charge in [-0.25, -0.2) is 0 Å². The van der Waals surface area contributed by atoms with E-state index in [1.54, 1.807) is 0 Å². The van der Waals surface area contributed by atoms with Gasteiger partial charge in [-0.15, -0.1) is 10.2 Å². The van der Waals surface area contributed by atoms with Gasteiger partial charge in [0.1, 0.15) is 5.82 Å². The number of hydrogen-bond donors (Lipinski definition) is 1. The summed E-state index contributed by atoms with van der Waals surface area (Å²) in [7, 11) is 0. The van der Waals surface area contributed by atoms with E-state index >= 15 is 0 Å². The van der Waals surface area contributed by atoms with Crippen LogP contribution in [0.5, 0.6) is 0 Å². The number of benzene rings is 1. The van der Waals surface area contributed by atoms with Crippen molar-refractivity contribution in [2.75, 3.05) is 38.2 Å². The highest BCUT2D eigenvalue weighted by molar-refractivity contribution is 6.33. The molecule has 27 heavy (non-hydrogen) atoms. The maximum Gasteiger partial charge on any atom is 0.148 e. The van der Waals surface area contributed by atoms with Crippen LogP contribution in [0.1, 0.15) is 12.8 Å². The summed E-state index contributed by atoms with van der Waals surface area (Å²) in [6.45, 7) is 5.56. The first kappa shape index (κ1) is 17.4. The highest BCUT2D eigenvalue weighted by atomic mass is 35.5. The van der Waals surface area contributed by atoms with E-state index in [2.05, 4.69) is 20.4 Å². The van der Waals surface area contributed by atoms with Crippen molar-refractivity contribution in [1.82, 2.24) is 15.1 Å². The van der Waals surface area contributed by atoms with E-state index in [0.717, 1.165) is 48.0 Å². The maximum absolute atomic E-state index is 6.25. The van der Waals surface area contributed by atoms with Crippen LogP contribution in [0.25, 0.3) is 11.3 Å². The molecule has 0 bridgehead atoms. The zero-order valence-electron chi connectivity index (χ0n) is 15.4. The summed E-state index contributed by atoms with van der Waals surface area (Å²) in [4.78, 5) is 2.65. The first-order valence-electron chi connectivity index (χ1n) is 9.93. The molecule has 6 heteroatoms. The molecule has 142 valence electrons. The molecule has 2 aliphatic heterocycles. The average Bonchev–Trinajstić information content (AvgIpc) is 3.14. The highest BCUT2D eigenvalue weighted by Crippen LogP contribution is 2.47. The van der Waals surface area contributed by atoms with Crippen molar-refractivity contribution < 1.29 is 4.74 Å². The largest absolute Gasteiger partial charge is 0.381 e. The van der Waals surface area contributed by atoms with Crippen molar-refractivity contribution in [3.05, 3.63) is 41.4 Å². The third-order valence-corrected chi connectivity index (χ3v) is 6.59. The summed E-state index contributed by atoms with van der Waals surface area (Å²) >= 11 is 6.25. The fourth-order valence-corrected chi connectivity index (χ4v) is 4.90. The van der Waals surface area contributed by atoms with Crippen LogP contribution in [0.2, 0.25) is 5.02 Å². The lowest BCUT2D eigenvalue weighted by atomic mass is 10.00. The average molecular weight is 385 g/mol. The van der Waals surface area contributed by atoms with Gasteiger partial charge in [-0.3, -0.25) is 0 Å². The summed E-state index contributed by atoms with van der Waals surface area (Å²) in [6, 6.07) is 12.3. The zero-order valence-corrected chi connectivity index (χ0v) is 16.1. The van der Waals surface area contributed by atoms with Gasteiger partial charge in [-0.1, -0.05) is 29.8 Å². The first-order valence-corrected chi connectivity index (χ1v) is 10.3. The van der Waals surface area contributed by atoms with Crippen LogP contribution < -0.4 is 5.32 Å². The van der Waals surface area contributed by atoms with Gasteiger partial charge in [0.2, 0.25) is 0 Å². The van der Waals surface area contributed by atoms with Gasteiger partial charge >= 0.3 is 0 Å². The fourth-order valence-electron chi connectivity index (χ4n) is 4.66. The molecule has 3 atom stereocenters. The molecule has 1 saturated carbocycles. The van der Waals surface area contributed by atoms with Gasteiger partial charge in [0, 0.05) is 44.5 Å². The molecule has 5 nitrogen and oxygen atoms in total. The van der Waals surface area contributed by atoms with E-state index < -0.39 is 0 Å². The smallest absolute Gasteiger partial charge is 0.148 e. The topological polar surface area (TPSA) is 50.3 Å². The number of aromatic nitrogens is 2. The van der Waals surface area contributed by atoms with Gasteiger partial charge in [0.15, 0.2) is 0 Å². The van der Waals surface area contributed by atoms with Crippen molar-refractivity contribution in [3.63, 3.8) is 0 Å². The summed E-state index contributed by atoms with van der Waals surface area (Å²) < 4.78 is 5.47. The minimum atomic E-state index is 0.552. The highest BCUT2D eigenvalue weighted by Gasteiger charge is 2.55. The second kappa shape index (κ2) is 7.38. The summed E-state index contributed by atoms with van der Waals surface area (Å²) in [5, 5.41) is 13.0. The van der Waals surface area contributed by atoms with Crippen LogP contribution in [0.15, 0.2) is 36.4 Å². The summed E-state index contributed by atoms with van der Waals surface area (Å²) in [6.07, 6.45) is 2.45. The van der Waals surface area contributed by atoms with E-state index in [4.69, 9.17) is 16.3 Å². The molecule has 2 saturated heterocycles. The summed E-state index contributed by atoms with van der Waals surface area (Å²) in [5.41, 5.74) is 1.73. The second-order valence-electron chi connectivity index (χ2n) is 8.06. The lowest BCUT2D eigenvalue weighted by molar-refractivity contribution is 0.0540. The third kappa shape index (κ3) is 3.68. The predicted octanol–water partition coefficient (Wildman–Crippen LogP) is 3.57. The Labute approximate surface area is 165 Å². The number of halogens is 1. The predicted molar refractivity (Wildman–Crippen MR) is 107 cm³/mol. The van der Waals surface area contributed by atoms with Gasteiger partial charge in [0.05, 0.1) is 10.7 Å². The molecule has 5 rings (SSSR count). The van der Waals surface area contributed by atoms with Crippen molar-refractivity contribution >= 4 is 17.4 Å². The van der Waals surface area contributed by atoms with Gasteiger partial charge < -0.3 is 15.0 Å². The monoisotopic (exact) mass is 384 g/mol. The standard InChI is InChI=1S/C21H25ClN4O/c22-18-4-2-1-3-15(18)19-5-6-20(25-24-19)23-21-16-12-26(13-17(16)21)11-14-7-9-27-10-8-14/h1-6,14,16-17,21H,7-13H2,(H,23,25)/t16-,17+,21-. The minimum Gasteiger partial charge on any atom is -0.381 e. The van der Waals surface area contributed by atoms with Crippen LogP contribution in [0, 0.1) is 17.8 Å². The Morgan fingerprint density at radius 1 is 1.04 bits per heavy atom. The molecule has 3 heterocycles. The number of anilines is 1. The molecule has 1 aromatic heterocycles. The van der Waals surface area contributed by atoms with Crippen molar-refractivity contribution in [1.29, 1.82) is 0 Å². The quantitative estimate of drug-likeness (QED) is 0.854. The van der Waals surface area contributed by atoms with Gasteiger partial charge in [-0.2, -0.15) is 0 Å². The van der Waals surface area contributed by atoms with Gasteiger partial charge in [-0.05, 0) is 48.8 Å². The maximum atomic E-state index is 6.25. The Balaban J connectivity index is 1.14. The Hall–Kier alpha value is -1.69. The molecule has 1 aliphatic carbocycles. The van der Waals surface area contributed by atoms with Crippen LogP contribution >= 0.6 is 11.6 Å². The molecule has 2 aromatic rings. The first-order chi connectivity index (χ1) is 13.3. The molecule has 1 N–H and O–H groups in total. The molecular formula is C21H25ClN4O. The van der Waals surface area contributed by atoms with E-state index in [-0.39, 0.29) is 0 Å². The Bertz CT molecular complexity index is 781. The third-order valence-electron chi connectivity index (χ3n) is 6.26. The number of hydrogen-bond acceptors (Lipinski definition) is 5. The van der Waals surface area contributed by atoms with Crippen LogP contribution in [-0.4, -0.2) is 54.0 Å². The molecule has 1 aromatic carbocycles. The molecule has 0 radical (unpaired) electrons. The second-order valence-corrected chi connectivity index (χ2v) is 8.46. The Kier molecular flexibility index (Phi) is 4.76. The number of nitrogens with zero attached hydrogens (tertiary/aromatic N) is 3. The zero-order chi connectivity index (χ0) is 18.2. The molecular weight excluding hydrogens is 360 g/mol. The minimum absolute atomic E-state index is 0.552. The van der Waals surface area contributed by atoms with E-state index in [0.29, 0.717) is 11.1 Å². The van der Waals surface area contributed by atoms with E-state index in [9.17, 15) is 0 Å². The van der Waals surface area contributed by atoms with Crippen molar-refractivity contribution in [3.8, 4) is 11.3 Å². The molecule has 0 amide bonds. The Morgan fingerprint density at radius 3 is 2.52 bits per heavy atom. The fraction of sp³-hybridized carbons (Fsp3) is 0.524. The number of fused-ring (bicyclic) bond motifs is 1. The lowest BCUT2D eigenvalue weighted by Gasteiger charge is -2.28. The number of likely N-dealkylation sites (tertiary alicyclic amines) is 1. The van der Waals surface area contributed by atoms with Crippen LogP contribution in [0.3, 0.4) is 0 Å². The van der Waals surface area contributed by atoms with E-state index in [1.165, 1.54) is 32.5 Å². The molecule has 0 spiro atoms. The molecule has 3 fully saturated rings. The van der Waals surface area contributed by atoms with Crippen LogP contribution in [-0.2, 0) is 4.74 Å². The number of piperidine rings is 1. The summed E-state index contributed by atoms with van der Waals surface area (Å²) in [5.74, 6) is 3.21. The SMILES string of the molecule is Clc1ccccc1-c1ccc(N[C@@H]2[C@@H]3CN(CC4CCOCC4)C[C@@H]32)nn1. The normalized spacial score (nSPS) is 28.1. The molecule has 0 unspecified atom stereocenters. The van der Waals surface area contributed by atoms with Crippen molar-refractivity contribution in [2.24, 2.45) is 17.8 Å². The van der Waals surface area contributed by atoms with Gasteiger partial charge in [0.25, 0.3) is 0 Å². The van der Waals surface area contributed by atoms with Crippen LogP contribution in [0.4, 0.5) is 5.82 Å². The lowest BCUT2D eigenvalue weighted by Crippen LogP contribution is -2.34. The van der Waals surface area contributed by atoms with Crippen molar-refractivity contribution in [2.45, 2.75) is 18.9 Å².